The molecule has 6 heteroatoms. The zero-order chi connectivity index (χ0) is 16.6. The highest BCUT2D eigenvalue weighted by molar-refractivity contribution is 5.37. The largest absolute Gasteiger partial charge is 0.378 e. The Morgan fingerprint density at radius 3 is 2.80 bits per heavy atom. The number of anilines is 1. The molecule has 2 atom stereocenters. The van der Waals surface area contributed by atoms with Crippen molar-refractivity contribution in [2.24, 2.45) is 0 Å². The first-order valence-corrected chi connectivity index (χ1v) is 9.21. The van der Waals surface area contributed by atoms with Gasteiger partial charge in [-0.15, -0.1) is 0 Å². The zero-order valence-electron chi connectivity index (χ0n) is 14.3. The lowest BCUT2D eigenvalue weighted by Crippen LogP contribution is -2.40. The van der Waals surface area contributed by atoms with Crippen LogP contribution in [0.25, 0.3) is 0 Å². The van der Waals surface area contributed by atoms with Crippen molar-refractivity contribution in [1.29, 1.82) is 0 Å². The van der Waals surface area contributed by atoms with Crippen molar-refractivity contribution < 1.29 is 4.74 Å². The number of pyridine rings is 1. The fourth-order valence-electron chi connectivity index (χ4n) is 4.42. The van der Waals surface area contributed by atoms with E-state index in [9.17, 15) is 0 Å². The molecule has 130 valence electrons. The summed E-state index contributed by atoms with van der Waals surface area (Å²) in [7, 11) is 0. The Bertz CT molecular complexity index is 747. The summed E-state index contributed by atoms with van der Waals surface area (Å²) in [6, 6.07) is 5.29. The third kappa shape index (κ3) is 2.79. The lowest BCUT2D eigenvalue weighted by atomic mass is 9.98. The summed E-state index contributed by atoms with van der Waals surface area (Å²) in [5.74, 6) is 0.879. The Balaban J connectivity index is 1.40. The molecule has 0 aromatic carbocycles. The van der Waals surface area contributed by atoms with Gasteiger partial charge in [-0.1, -0.05) is 0 Å². The van der Waals surface area contributed by atoms with Gasteiger partial charge in [0, 0.05) is 62.3 Å². The smallest absolute Gasteiger partial charge is 0.225 e. The molecule has 2 fully saturated rings. The van der Waals surface area contributed by atoms with E-state index >= 15 is 0 Å². The van der Waals surface area contributed by atoms with Crippen LogP contribution in [0, 0.1) is 0 Å². The topological polar surface area (TPSA) is 54.4 Å². The van der Waals surface area contributed by atoms with Crippen LogP contribution in [-0.4, -0.2) is 52.2 Å². The molecule has 0 N–H and O–H groups in total. The fraction of sp³-hybridized carbons (Fsp3) is 0.526. The van der Waals surface area contributed by atoms with Crippen molar-refractivity contribution in [3.63, 3.8) is 0 Å². The highest BCUT2D eigenvalue weighted by atomic mass is 16.5. The van der Waals surface area contributed by atoms with E-state index in [0.717, 1.165) is 45.2 Å². The van der Waals surface area contributed by atoms with Crippen LogP contribution in [0.4, 0.5) is 5.95 Å². The number of ether oxygens (including phenoxy) is 1. The van der Waals surface area contributed by atoms with Crippen LogP contribution in [0.3, 0.4) is 0 Å². The number of nitrogens with zero attached hydrogens (tertiary/aromatic N) is 5. The molecule has 0 radical (unpaired) electrons. The van der Waals surface area contributed by atoms with Crippen LogP contribution in [0.1, 0.15) is 35.7 Å². The molecular weight excluding hydrogens is 314 g/mol. The van der Waals surface area contributed by atoms with E-state index < -0.39 is 0 Å². The minimum absolute atomic E-state index is 0.459. The Labute approximate surface area is 147 Å². The highest BCUT2D eigenvalue weighted by Crippen LogP contribution is 2.43. The number of hydrogen-bond acceptors (Lipinski definition) is 6. The maximum absolute atomic E-state index is 5.44. The van der Waals surface area contributed by atoms with Gasteiger partial charge in [0.15, 0.2) is 0 Å². The molecule has 2 aromatic rings. The maximum Gasteiger partial charge on any atom is 0.225 e. The Kier molecular flexibility index (Phi) is 3.87. The summed E-state index contributed by atoms with van der Waals surface area (Å²) in [4.78, 5) is 18.6. The molecule has 0 unspecified atom stereocenters. The summed E-state index contributed by atoms with van der Waals surface area (Å²) in [5, 5.41) is 0. The predicted molar refractivity (Wildman–Crippen MR) is 94.3 cm³/mol. The van der Waals surface area contributed by atoms with Gasteiger partial charge in [-0.3, -0.25) is 9.88 Å². The molecule has 2 saturated heterocycles. The number of morpholine rings is 1. The van der Waals surface area contributed by atoms with E-state index in [0.29, 0.717) is 12.1 Å². The minimum atomic E-state index is 0.459. The van der Waals surface area contributed by atoms with Crippen molar-refractivity contribution in [1.82, 2.24) is 19.9 Å². The van der Waals surface area contributed by atoms with Gasteiger partial charge < -0.3 is 9.64 Å². The molecular formula is C19H23N5O. The first-order valence-electron chi connectivity index (χ1n) is 9.21. The third-order valence-corrected chi connectivity index (χ3v) is 5.73. The van der Waals surface area contributed by atoms with Gasteiger partial charge in [-0.2, -0.15) is 0 Å². The molecule has 3 aliphatic rings. The SMILES string of the molecule is c1cc(CN2[C@H]3CC[C@H]2c2cnc(N4CCOCC4)nc2C3)ccn1. The van der Waals surface area contributed by atoms with Crippen molar-refractivity contribution >= 4 is 5.95 Å². The summed E-state index contributed by atoms with van der Waals surface area (Å²) >= 11 is 0. The second-order valence-electron chi connectivity index (χ2n) is 7.15. The van der Waals surface area contributed by atoms with E-state index in [2.05, 4.69) is 33.1 Å². The molecule has 5 rings (SSSR count). The van der Waals surface area contributed by atoms with E-state index in [4.69, 9.17) is 14.7 Å². The molecule has 0 amide bonds. The van der Waals surface area contributed by atoms with E-state index in [-0.39, 0.29) is 0 Å². The van der Waals surface area contributed by atoms with Crippen LogP contribution >= 0.6 is 0 Å². The van der Waals surface area contributed by atoms with Gasteiger partial charge in [-0.05, 0) is 30.5 Å². The second kappa shape index (κ2) is 6.35. The normalized spacial score (nSPS) is 25.8. The molecule has 2 bridgehead atoms. The molecule has 2 aromatic heterocycles. The maximum atomic E-state index is 5.44. The monoisotopic (exact) mass is 337 g/mol. The van der Waals surface area contributed by atoms with Crippen molar-refractivity contribution in [3.8, 4) is 0 Å². The molecule has 0 spiro atoms. The summed E-state index contributed by atoms with van der Waals surface area (Å²) in [5.41, 5.74) is 3.93. The quantitative estimate of drug-likeness (QED) is 0.853. The standard InChI is InChI=1S/C19H23N5O/c1-2-18-16-12-21-19(23-7-9-25-10-8-23)22-17(16)11-15(1)24(18)13-14-3-5-20-6-4-14/h3-6,12,15,18H,1-2,7-11,13H2/t15-,18-/m0/s1. The van der Waals surface area contributed by atoms with Crippen LogP contribution in [0.5, 0.6) is 0 Å². The van der Waals surface area contributed by atoms with E-state index in [1.165, 1.54) is 29.7 Å². The van der Waals surface area contributed by atoms with Gasteiger partial charge in [0.2, 0.25) is 5.95 Å². The van der Waals surface area contributed by atoms with Crippen LogP contribution < -0.4 is 4.90 Å². The first-order chi connectivity index (χ1) is 12.4. The molecule has 5 heterocycles. The second-order valence-corrected chi connectivity index (χ2v) is 7.15. The molecule has 0 saturated carbocycles. The average Bonchev–Trinajstić information content (AvgIpc) is 2.95. The van der Waals surface area contributed by atoms with Crippen molar-refractivity contribution in [3.05, 3.63) is 47.5 Å². The fourth-order valence-corrected chi connectivity index (χ4v) is 4.42. The number of aromatic nitrogens is 3. The van der Waals surface area contributed by atoms with E-state index in [1.54, 1.807) is 0 Å². The average molecular weight is 337 g/mol. The summed E-state index contributed by atoms with van der Waals surface area (Å²) < 4.78 is 5.44. The highest BCUT2D eigenvalue weighted by Gasteiger charge is 2.40. The number of fused-ring (bicyclic) bond motifs is 4. The number of rotatable bonds is 3. The molecule has 3 aliphatic heterocycles. The van der Waals surface area contributed by atoms with Crippen LogP contribution in [-0.2, 0) is 17.7 Å². The van der Waals surface area contributed by atoms with Gasteiger partial charge in [0.1, 0.15) is 0 Å². The summed E-state index contributed by atoms with van der Waals surface area (Å²) in [6.07, 6.45) is 9.34. The Hall–Kier alpha value is -2.05. The molecule has 0 aliphatic carbocycles. The Morgan fingerprint density at radius 1 is 1.12 bits per heavy atom. The lowest BCUT2D eigenvalue weighted by molar-refractivity contribution is 0.122. The first kappa shape index (κ1) is 15.2. The van der Waals surface area contributed by atoms with Gasteiger partial charge in [-0.25, -0.2) is 9.97 Å². The van der Waals surface area contributed by atoms with Gasteiger partial charge in [0.25, 0.3) is 0 Å². The zero-order valence-corrected chi connectivity index (χ0v) is 14.3. The predicted octanol–water partition coefficient (Wildman–Crippen LogP) is 1.97. The molecule has 6 nitrogen and oxygen atoms in total. The Morgan fingerprint density at radius 2 is 1.96 bits per heavy atom. The van der Waals surface area contributed by atoms with Crippen molar-refractivity contribution in [2.75, 3.05) is 31.2 Å². The summed E-state index contributed by atoms with van der Waals surface area (Å²) in [6.45, 7) is 4.30. The third-order valence-electron chi connectivity index (χ3n) is 5.73. The van der Waals surface area contributed by atoms with Gasteiger partial charge >= 0.3 is 0 Å². The van der Waals surface area contributed by atoms with Crippen LogP contribution in [0.15, 0.2) is 30.7 Å². The van der Waals surface area contributed by atoms with E-state index in [1.807, 2.05) is 12.4 Å². The van der Waals surface area contributed by atoms with Crippen molar-refractivity contribution in [2.45, 2.75) is 37.9 Å². The van der Waals surface area contributed by atoms with Crippen LogP contribution in [0.2, 0.25) is 0 Å². The van der Waals surface area contributed by atoms with Gasteiger partial charge in [0.05, 0.1) is 18.9 Å². The lowest BCUT2D eigenvalue weighted by Gasteiger charge is -2.36. The minimum Gasteiger partial charge on any atom is -0.378 e. The number of hydrogen-bond donors (Lipinski definition) is 0. The molecule has 25 heavy (non-hydrogen) atoms.